The highest BCUT2D eigenvalue weighted by Crippen LogP contribution is 2.14. The highest BCUT2D eigenvalue weighted by molar-refractivity contribution is 6.30. The van der Waals surface area contributed by atoms with Crippen LogP contribution in [0.2, 0.25) is 5.02 Å². The summed E-state index contributed by atoms with van der Waals surface area (Å²) in [5, 5.41) is 3.38. The molecule has 2 rings (SSSR count). The molecule has 6 heteroatoms. The highest BCUT2D eigenvalue weighted by Gasteiger charge is 2.17. The molecule has 0 saturated heterocycles. The van der Waals surface area contributed by atoms with Gasteiger partial charge in [-0.2, -0.15) is 0 Å². The van der Waals surface area contributed by atoms with Crippen molar-refractivity contribution in [3.8, 4) is 0 Å². The zero-order valence-corrected chi connectivity index (χ0v) is 15.4. The van der Waals surface area contributed by atoms with E-state index in [-0.39, 0.29) is 24.9 Å². The van der Waals surface area contributed by atoms with Crippen molar-refractivity contribution in [2.24, 2.45) is 0 Å². The molecule has 2 aromatic carbocycles. The van der Waals surface area contributed by atoms with Crippen LogP contribution >= 0.6 is 11.6 Å². The fourth-order valence-electron chi connectivity index (χ4n) is 2.44. The van der Waals surface area contributed by atoms with E-state index in [1.54, 1.807) is 47.2 Å². The van der Waals surface area contributed by atoms with E-state index in [9.17, 15) is 9.59 Å². The molecule has 1 N–H and O–H groups in total. The predicted molar refractivity (Wildman–Crippen MR) is 107 cm³/mol. The molecule has 0 aliphatic carbocycles. The maximum absolute atomic E-state index is 12.6. The van der Waals surface area contributed by atoms with Gasteiger partial charge < -0.3 is 10.2 Å². The van der Waals surface area contributed by atoms with Gasteiger partial charge in [-0.15, -0.1) is 6.58 Å². The van der Waals surface area contributed by atoms with Crippen molar-refractivity contribution in [3.63, 3.8) is 0 Å². The number of likely N-dealkylation sites (N-methyl/N-ethyl adjacent to an activating group) is 1. The summed E-state index contributed by atoms with van der Waals surface area (Å²) in [6, 6.07) is 16.3. The first-order valence-corrected chi connectivity index (χ1v) is 8.57. The van der Waals surface area contributed by atoms with Gasteiger partial charge in [0.1, 0.15) is 0 Å². The molecule has 0 aromatic heterocycles. The number of anilines is 2. The smallest absolute Gasteiger partial charge is 0.241 e. The second kappa shape index (κ2) is 9.75. The second-order valence-corrected chi connectivity index (χ2v) is 6.29. The first-order valence-electron chi connectivity index (χ1n) is 8.20. The molecule has 0 spiro atoms. The normalized spacial score (nSPS) is 10.4. The summed E-state index contributed by atoms with van der Waals surface area (Å²) in [4.78, 5) is 28.1. The number of hydrogen-bond acceptors (Lipinski definition) is 3. The number of carbonyl (C=O) groups excluding carboxylic acids is 2. The maximum Gasteiger partial charge on any atom is 0.241 e. The van der Waals surface area contributed by atoms with Gasteiger partial charge in [-0.1, -0.05) is 35.9 Å². The first kappa shape index (κ1) is 19.7. The van der Waals surface area contributed by atoms with Crippen LogP contribution in [0.25, 0.3) is 0 Å². The van der Waals surface area contributed by atoms with E-state index in [0.717, 1.165) is 5.69 Å². The second-order valence-electron chi connectivity index (χ2n) is 5.86. The van der Waals surface area contributed by atoms with Gasteiger partial charge in [0.05, 0.1) is 13.1 Å². The van der Waals surface area contributed by atoms with E-state index >= 15 is 0 Å². The van der Waals surface area contributed by atoms with Gasteiger partial charge in [0.15, 0.2) is 0 Å². The first-order chi connectivity index (χ1) is 12.5. The third kappa shape index (κ3) is 6.02. The van der Waals surface area contributed by atoms with Crippen molar-refractivity contribution in [2.75, 3.05) is 36.9 Å². The van der Waals surface area contributed by atoms with Crippen LogP contribution in [0.3, 0.4) is 0 Å². The fraction of sp³-hybridized carbons (Fsp3) is 0.200. The fourth-order valence-corrected chi connectivity index (χ4v) is 2.57. The molecule has 0 radical (unpaired) electrons. The number of para-hydroxylation sites is 1. The number of amides is 2. The average Bonchev–Trinajstić information content (AvgIpc) is 2.62. The SMILES string of the molecule is C=CCN(C(=O)CN(C)CC(=O)Nc1ccc(Cl)cc1)c1ccccc1. The summed E-state index contributed by atoms with van der Waals surface area (Å²) >= 11 is 5.83. The molecule has 0 aliphatic rings. The Morgan fingerprint density at radius 1 is 1.08 bits per heavy atom. The molecule has 0 saturated carbocycles. The minimum atomic E-state index is -0.197. The summed E-state index contributed by atoms with van der Waals surface area (Å²) in [6.07, 6.45) is 1.68. The van der Waals surface area contributed by atoms with E-state index in [2.05, 4.69) is 11.9 Å². The van der Waals surface area contributed by atoms with Gasteiger partial charge in [-0.25, -0.2) is 0 Å². The minimum absolute atomic E-state index is 0.0992. The molecule has 0 bridgehead atoms. The summed E-state index contributed by atoms with van der Waals surface area (Å²) in [6.45, 7) is 4.34. The van der Waals surface area contributed by atoms with Gasteiger partial charge in [-0.3, -0.25) is 14.5 Å². The van der Waals surface area contributed by atoms with E-state index < -0.39 is 0 Å². The number of benzene rings is 2. The molecule has 2 amide bonds. The Hall–Kier alpha value is -2.63. The molecule has 136 valence electrons. The van der Waals surface area contributed by atoms with Gasteiger partial charge in [-0.05, 0) is 43.4 Å². The standard InChI is InChI=1S/C20H22ClN3O2/c1-3-13-24(18-7-5-4-6-8-18)20(26)15-23(2)14-19(25)22-17-11-9-16(21)10-12-17/h3-12H,1,13-15H2,2H3,(H,22,25). The quantitative estimate of drug-likeness (QED) is 0.723. The lowest BCUT2D eigenvalue weighted by atomic mass is 10.2. The number of hydrogen-bond donors (Lipinski definition) is 1. The third-order valence-corrected chi connectivity index (χ3v) is 3.88. The van der Waals surface area contributed by atoms with Gasteiger partial charge in [0.25, 0.3) is 0 Å². The van der Waals surface area contributed by atoms with Gasteiger partial charge in [0, 0.05) is 22.9 Å². The zero-order chi connectivity index (χ0) is 18.9. The summed E-state index contributed by atoms with van der Waals surface area (Å²) < 4.78 is 0. The van der Waals surface area contributed by atoms with Crippen molar-refractivity contribution in [3.05, 3.63) is 72.3 Å². The average molecular weight is 372 g/mol. The van der Waals surface area contributed by atoms with Crippen molar-refractivity contribution < 1.29 is 9.59 Å². The van der Waals surface area contributed by atoms with Crippen LogP contribution in [-0.4, -0.2) is 43.4 Å². The molecule has 0 atom stereocenters. The van der Waals surface area contributed by atoms with Gasteiger partial charge >= 0.3 is 0 Å². The van der Waals surface area contributed by atoms with Crippen LogP contribution in [-0.2, 0) is 9.59 Å². The lowest BCUT2D eigenvalue weighted by molar-refractivity contribution is -0.120. The molecule has 0 aliphatic heterocycles. The summed E-state index contributed by atoms with van der Waals surface area (Å²) in [7, 11) is 1.73. The Morgan fingerprint density at radius 3 is 2.35 bits per heavy atom. The van der Waals surface area contributed by atoms with Crippen molar-refractivity contribution in [1.29, 1.82) is 0 Å². The number of nitrogens with one attached hydrogen (secondary N) is 1. The molecule has 26 heavy (non-hydrogen) atoms. The third-order valence-electron chi connectivity index (χ3n) is 3.63. The minimum Gasteiger partial charge on any atom is -0.325 e. The molecule has 0 heterocycles. The Balaban J connectivity index is 1.91. The monoisotopic (exact) mass is 371 g/mol. The highest BCUT2D eigenvalue weighted by atomic mass is 35.5. The Kier molecular flexibility index (Phi) is 7.38. The van der Waals surface area contributed by atoms with Crippen molar-refractivity contribution in [1.82, 2.24) is 4.90 Å². The van der Waals surface area contributed by atoms with Crippen LogP contribution in [0.15, 0.2) is 67.3 Å². The van der Waals surface area contributed by atoms with Crippen LogP contribution in [0, 0.1) is 0 Å². The van der Waals surface area contributed by atoms with Gasteiger partial charge in [0.2, 0.25) is 11.8 Å². The number of carbonyl (C=O) groups is 2. The van der Waals surface area contributed by atoms with Crippen LogP contribution < -0.4 is 10.2 Å². The van der Waals surface area contributed by atoms with E-state index in [1.165, 1.54) is 0 Å². The number of nitrogens with zero attached hydrogens (tertiary/aromatic N) is 2. The van der Waals surface area contributed by atoms with E-state index in [0.29, 0.717) is 17.3 Å². The lowest BCUT2D eigenvalue weighted by Crippen LogP contribution is -2.41. The maximum atomic E-state index is 12.6. The van der Waals surface area contributed by atoms with Crippen LogP contribution in [0.1, 0.15) is 0 Å². The lowest BCUT2D eigenvalue weighted by Gasteiger charge is -2.24. The zero-order valence-electron chi connectivity index (χ0n) is 14.7. The molecular weight excluding hydrogens is 350 g/mol. The van der Waals surface area contributed by atoms with Crippen molar-refractivity contribution in [2.45, 2.75) is 0 Å². The van der Waals surface area contributed by atoms with E-state index in [4.69, 9.17) is 11.6 Å². The molecule has 0 unspecified atom stereocenters. The van der Waals surface area contributed by atoms with Crippen LogP contribution in [0.4, 0.5) is 11.4 Å². The molecular formula is C20H22ClN3O2. The summed E-state index contributed by atoms with van der Waals surface area (Å²) in [5.74, 6) is -0.296. The largest absolute Gasteiger partial charge is 0.325 e. The molecule has 5 nitrogen and oxygen atoms in total. The van der Waals surface area contributed by atoms with Crippen LogP contribution in [0.5, 0.6) is 0 Å². The number of halogens is 1. The molecule has 2 aromatic rings. The Morgan fingerprint density at radius 2 is 1.73 bits per heavy atom. The predicted octanol–water partition coefficient (Wildman–Crippen LogP) is 3.43. The van der Waals surface area contributed by atoms with Crippen molar-refractivity contribution >= 4 is 34.8 Å². The topological polar surface area (TPSA) is 52.7 Å². The summed E-state index contributed by atoms with van der Waals surface area (Å²) in [5.41, 5.74) is 1.47. The Labute approximate surface area is 158 Å². The Bertz CT molecular complexity index is 747. The number of rotatable bonds is 8. The van der Waals surface area contributed by atoms with E-state index in [1.807, 2.05) is 30.3 Å². The molecule has 0 fully saturated rings.